The van der Waals surface area contributed by atoms with E-state index in [1.54, 1.807) is 7.11 Å². The molecule has 22 heavy (non-hydrogen) atoms. The lowest BCUT2D eigenvalue weighted by atomic mass is 10.0. The topological polar surface area (TPSA) is 33.7 Å². The Bertz CT molecular complexity index is 400. The largest absolute Gasteiger partial charge is 0.382 e. The van der Waals surface area contributed by atoms with Crippen molar-refractivity contribution in [3.05, 3.63) is 35.4 Å². The molecule has 0 saturated carbocycles. The summed E-state index contributed by atoms with van der Waals surface area (Å²) in [5.41, 5.74) is 2.80. The van der Waals surface area contributed by atoms with Crippen LogP contribution in [0, 0.1) is 0 Å². The quantitative estimate of drug-likeness (QED) is 0.742. The molecule has 4 nitrogen and oxygen atoms in total. The third-order valence-corrected chi connectivity index (χ3v) is 4.08. The first kappa shape index (κ1) is 19.4. The smallest absolute Gasteiger partial charge is 0.0700 e. The molecule has 1 fully saturated rings. The highest BCUT2D eigenvalue weighted by molar-refractivity contribution is 5.85. The van der Waals surface area contributed by atoms with Gasteiger partial charge in [-0.1, -0.05) is 31.2 Å². The molecule has 1 saturated heterocycles. The second-order valence-electron chi connectivity index (χ2n) is 5.46. The summed E-state index contributed by atoms with van der Waals surface area (Å²) in [6, 6.07) is 9.49. The van der Waals surface area contributed by atoms with Crippen molar-refractivity contribution in [2.24, 2.45) is 0 Å². The lowest BCUT2D eigenvalue weighted by molar-refractivity contribution is 0.0448. The minimum absolute atomic E-state index is 0. The van der Waals surface area contributed by atoms with Crippen molar-refractivity contribution in [2.45, 2.75) is 19.4 Å². The molecule has 1 aliphatic rings. The van der Waals surface area contributed by atoms with E-state index in [4.69, 9.17) is 9.47 Å². The van der Waals surface area contributed by atoms with Crippen LogP contribution in [0.1, 0.15) is 24.1 Å². The van der Waals surface area contributed by atoms with Crippen molar-refractivity contribution >= 4 is 12.4 Å². The number of ether oxygens (including phenoxy) is 2. The van der Waals surface area contributed by atoms with E-state index in [-0.39, 0.29) is 12.4 Å². The zero-order valence-electron chi connectivity index (χ0n) is 13.7. The zero-order chi connectivity index (χ0) is 14.9. The normalized spacial score (nSPS) is 18.9. The van der Waals surface area contributed by atoms with Crippen molar-refractivity contribution in [2.75, 3.05) is 53.1 Å². The number of piperazine rings is 1. The Kier molecular flexibility index (Phi) is 9.68. The predicted octanol–water partition coefficient (Wildman–Crippen LogP) is 2.28. The molecule has 2 rings (SSSR count). The van der Waals surface area contributed by atoms with Crippen LogP contribution in [-0.2, 0) is 15.9 Å². The summed E-state index contributed by atoms with van der Waals surface area (Å²) in [5.74, 6) is 0. The van der Waals surface area contributed by atoms with Crippen LogP contribution in [0.15, 0.2) is 24.3 Å². The van der Waals surface area contributed by atoms with Crippen molar-refractivity contribution in [1.82, 2.24) is 10.2 Å². The third-order valence-electron chi connectivity index (χ3n) is 4.08. The molecule has 0 amide bonds. The van der Waals surface area contributed by atoms with E-state index < -0.39 is 0 Å². The molecule has 0 bridgehead atoms. The Morgan fingerprint density at radius 2 is 1.95 bits per heavy atom. The summed E-state index contributed by atoms with van der Waals surface area (Å²) in [7, 11) is 1.70. The summed E-state index contributed by atoms with van der Waals surface area (Å²) >= 11 is 0. The van der Waals surface area contributed by atoms with Gasteiger partial charge in [0.25, 0.3) is 0 Å². The molecular weight excluding hydrogens is 300 g/mol. The first-order valence-corrected chi connectivity index (χ1v) is 7.95. The Morgan fingerprint density at radius 3 is 2.64 bits per heavy atom. The molecule has 5 heteroatoms. The van der Waals surface area contributed by atoms with Crippen LogP contribution in [0.2, 0.25) is 0 Å². The second kappa shape index (κ2) is 11.0. The van der Waals surface area contributed by atoms with Crippen molar-refractivity contribution < 1.29 is 9.47 Å². The number of hydrogen-bond acceptors (Lipinski definition) is 4. The number of methoxy groups -OCH3 is 1. The van der Waals surface area contributed by atoms with Gasteiger partial charge in [-0.05, 0) is 17.5 Å². The van der Waals surface area contributed by atoms with Crippen LogP contribution >= 0.6 is 12.4 Å². The van der Waals surface area contributed by atoms with Gasteiger partial charge in [0, 0.05) is 39.3 Å². The fourth-order valence-electron chi connectivity index (χ4n) is 2.74. The molecule has 1 aliphatic heterocycles. The van der Waals surface area contributed by atoms with Gasteiger partial charge in [-0.3, -0.25) is 4.90 Å². The van der Waals surface area contributed by atoms with Gasteiger partial charge in [0.15, 0.2) is 0 Å². The zero-order valence-corrected chi connectivity index (χ0v) is 14.5. The van der Waals surface area contributed by atoms with Gasteiger partial charge in [0.2, 0.25) is 0 Å². The lowest BCUT2D eigenvalue weighted by Gasteiger charge is -2.36. The predicted molar refractivity (Wildman–Crippen MR) is 92.9 cm³/mol. The van der Waals surface area contributed by atoms with Gasteiger partial charge in [-0.25, -0.2) is 0 Å². The standard InChI is InChI=1S/C17H28N2O2.ClH/c1-3-15-4-6-16(7-5-15)17-14-18-8-9-19(17)10-11-21-13-12-20-2;/h4-7,17-18H,3,8-14H2,1-2H3;1H. The maximum atomic E-state index is 5.61. The van der Waals surface area contributed by atoms with E-state index in [1.807, 2.05) is 0 Å². The molecule has 1 aromatic rings. The molecule has 0 radical (unpaired) electrons. The van der Waals surface area contributed by atoms with Crippen LogP contribution in [0.25, 0.3) is 0 Å². The molecule has 1 aromatic carbocycles. The Labute approximate surface area is 140 Å². The van der Waals surface area contributed by atoms with Gasteiger partial charge >= 0.3 is 0 Å². The van der Waals surface area contributed by atoms with E-state index in [0.717, 1.165) is 39.2 Å². The number of benzene rings is 1. The second-order valence-corrected chi connectivity index (χ2v) is 5.46. The SMILES string of the molecule is CCc1ccc(C2CNCCN2CCOCCOC)cc1.Cl. The summed E-state index contributed by atoms with van der Waals surface area (Å²) in [6.45, 7) is 8.44. The maximum absolute atomic E-state index is 5.61. The Balaban J connectivity index is 0.00000242. The monoisotopic (exact) mass is 328 g/mol. The molecule has 126 valence electrons. The minimum Gasteiger partial charge on any atom is -0.382 e. The third kappa shape index (κ3) is 5.86. The molecule has 0 aromatic heterocycles. The number of halogens is 1. The van der Waals surface area contributed by atoms with Gasteiger partial charge < -0.3 is 14.8 Å². The van der Waals surface area contributed by atoms with Gasteiger partial charge in [-0.15, -0.1) is 12.4 Å². The van der Waals surface area contributed by atoms with Crippen molar-refractivity contribution in [3.8, 4) is 0 Å². The summed E-state index contributed by atoms with van der Waals surface area (Å²) in [5, 5.41) is 3.50. The molecule has 0 spiro atoms. The highest BCUT2D eigenvalue weighted by atomic mass is 35.5. The molecular formula is C17H29ClN2O2. The average Bonchev–Trinajstić information content (AvgIpc) is 2.55. The van der Waals surface area contributed by atoms with Gasteiger partial charge in [0.05, 0.1) is 19.8 Å². The fraction of sp³-hybridized carbons (Fsp3) is 0.647. The molecule has 1 atom stereocenters. The number of hydrogen-bond donors (Lipinski definition) is 1. The van der Waals surface area contributed by atoms with E-state index in [1.165, 1.54) is 11.1 Å². The van der Waals surface area contributed by atoms with Crippen molar-refractivity contribution in [3.63, 3.8) is 0 Å². The number of rotatable bonds is 8. The fourth-order valence-corrected chi connectivity index (χ4v) is 2.74. The van der Waals surface area contributed by atoms with Gasteiger partial charge in [0.1, 0.15) is 0 Å². The van der Waals surface area contributed by atoms with Crippen molar-refractivity contribution in [1.29, 1.82) is 0 Å². The highest BCUT2D eigenvalue weighted by Crippen LogP contribution is 2.22. The number of nitrogens with zero attached hydrogens (tertiary/aromatic N) is 1. The van der Waals surface area contributed by atoms with E-state index in [9.17, 15) is 0 Å². The van der Waals surface area contributed by atoms with Crippen LogP contribution in [0.4, 0.5) is 0 Å². The molecule has 1 heterocycles. The first-order chi connectivity index (χ1) is 10.3. The number of nitrogens with one attached hydrogen (secondary N) is 1. The Hall–Kier alpha value is -0.650. The average molecular weight is 329 g/mol. The maximum Gasteiger partial charge on any atom is 0.0700 e. The van der Waals surface area contributed by atoms with Gasteiger partial charge in [-0.2, -0.15) is 0 Å². The van der Waals surface area contributed by atoms with E-state index in [0.29, 0.717) is 19.3 Å². The van der Waals surface area contributed by atoms with E-state index >= 15 is 0 Å². The molecule has 0 aliphatic carbocycles. The lowest BCUT2D eigenvalue weighted by Crippen LogP contribution is -2.47. The van der Waals surface area contributed by atoms with Crippen LogP contribution < -0.4 is 5.32 Å². The first-order valence-electron chi connectivity index (χ1n) is 7.95. The summed E-state index contributed by atoms with van der Waals surface area (Å²) in [4.78, 5) is 2.52. The summed E-state index contributed by atoms with van der Waals surface area (Å²) in [6.07, 6.45) is 1.10. The summed E-state index contributed by atoms with van der Waals surface area (Å²) < 4.78 is 10.6. The van der Waals surface area contributed by atoms with E-state index in [2.05, 4.69) is 41.4 Å². The Morgan fingerprint density at radius 1 is 1.18 bits per heavy atom. The van der Waals surface area contributed by atoms with Crippen LogP contribution in [-0.4, -0.2) is 58.0 Å². The minimum atomic E-state index is 0. The molecule has 1 unspecified atom stereocenters. The highest BCUT2D eigenvalue weighted by Gasteiger charge is 2.23. The van der Waals surface area contributed by atoms with Crippen LogP contribution in [0.5, 0.6) is 0 Å². The van der Waals surface area contributed by atoms with Crippen LogP contribution in [0.3, 0.4) is 0 Å². The number of aryl methyl sites for hydroxylation is 1. The molecule has 1 N–H and O–H groups in total.